The number of esters is 1. The van der Waals surface area contributed by atoms with Crippen molar-refractivity contribution in [3.05, 3.63) is 57.8 Å². The Kier molecular flexibility index (Phi) is 7.21. The van der Waals surface area contributed by atoms with Crippen molar-refractivity contribution in [2.24, 2.45) is 0 Å². The fourth-order valence-corrected chi connectivity index (χ4v) is 5.30. The molecule has 1 aromatic heterocycles. The number of nitrogens with zero attached hydrogens (tertiary/aromatic N) is 3. The molecule has 37 heavy (non-hydrogen) atoms. The van der Waals surface area contributed by atoms with Crippen LogP contribution in [0.1, 0.15) is 18.4 Å². The van der Waals surface area contributed by atoms with Gasteiger partial charge in [-0.05, 0) is 42.0 Å². The van der Waals surface area contributed by atoms with Gasteiger partial charge in [0.05, 0.1) is 10.9 Å². The zero-order chi connectivity index (χ0) is 26.2. The van der Waals surface area contributed by atoms with Crippen LogP contribution < -0.4 is 9.47 Å². The molecule has 0 radical (unpaired) electrons. The highest BCUT2D eigenvalue weighted by molar-refractivity contribution is 9.10. The number of hydrogen-bond acceptors (Lipinski definition) is 7. The van der Waals surface area contributed by atoms with Crippen molar-refractivity contribution in [1.29, 1.82) is 0 Å². The summed E-state index contributed by atoms with van der Waals surface area (Å²) in [5.74, 6) is -1.25. The molecule has 0 N–H and O–H groups in total. The molecule has 1 unspecified atom stereocenters. The van der Waals surface area contributed by atoms with Gasteiger partial charge < -0.3 is 14.2 Å². The second-order valence-corrected chi connectivity index (χ2v) is 10.5. The van der Waals surface area contributed by atoms with Crippen molar-refractivity contribution in [1.82, 2.24) is 14.9 Å². The van der Waals surface area contributed by atoms with E-state index in [4.69, 9.17) is 25.8 Å². The summed E-state index contributed by atoms with van der Waals surface area (Å²) in [4.78, 5) is 21.9. The quantitative estimate of drug-likeness (QED) is 0.353. The van der Waals surface area contributed by atoms with Crippen molar-refractivity contribution >= 4 is 44.4 Å². The average molecular weight is 601 g/mol. The van der Waals surface area contributed by atoms with Gasteiger partial charge in [0.1, 0.15) is 30.4 Å². The van der Waals surface area contributed by atoms with E-state index < -0.39 is 18.2 Å². The third-order valence-corrected chi connectivity index (χ3v) is 7.29. The molecule has 3 aromatic rings. The molecule has 7 nitrogen and oxygen atoms in total. The van der Waals surface area contributed by atoms with Gasteiger partial charge in [0.25, 0.3) is 0 Å². The van der Waals surface area contributed by atoms with E-state index in [2.05, 4.69) is 25.9 Å². The Morgan fingerprint density at radius 1 is 1.19 bits per heavy atom. The zero-order valence-corrected chi connectivity index (χ0v) is 21.8. The van der Waals surface area contributed by atoms with Gasteiger partial charge in [-0.25, -0.2) is 14.8 Å². The molecule has 1 fully saturated rings. The lowest BCUT2D eigenvalue weighted by molar-refractivity contribution is -0.207. The predicted molar refractivity (Wildman–Crippen MR) is 133 cm³/mol. The standard InChI is InChI=1S/C25H22BrClF3N3O4/c26-16-1-3-20-19(10-16)22(32-14-31-20)35-13-18(36-23(34)25(28,29)30)12-33-7-5-24(6-8-33)11-15-9-17(27)2-4-21(15)37-24/h1-4,9-10,14,18H,5-8,11-13H2. The molecule has 2 aliphatic rings. The number of likely N-dealkylation sites (tertiary alicyclic amines) is 1. The highest BCUT2D eigenvalue weighted by Gasteiger charge is 2.44. The number of aromatic nitrogens is 2. The van der Waals surface area contributed by atoms with Crippen LogP contribution in [0.15, 0.2) is 47.2 Å². The maximum Gasteiger partial charge on any atom is 0.490 e. The van der Waals surface area contributed by atoms with Crippen LogP contribution in [0.2, 0.25) is 5.02 Å². The fourth-order valence-electron chi connectivity index (χ4n) is 4.75. The van der Waals surface area contributed by atoms with Gasteiger partial charge in [0.2, 0.25) is 5.88 Å². The molecule has 0 amide bonds. The first-order chi connectivity index (χ1) is 17.6. The lowest BCUT2D eigenvalue weighted by Crippen LogP contribution is -2.50. The first-order valence-corrected chi connectivity index (χ1v) is 12.8. The molecule has 1 atom stereocenters. The molecule has 5 rings (SSSR count). The fraction of sp³-hybridized carbons (Fsp3) is 0.400. The summed E-state index contributed by atoms with van der Waals surface area (Å²) in [6, 6.07) is 10.9. The van der Waals surface area contributed by atoms with Gasteiger partial charge in [0, 0.05) is 48.4 Å². The van der Waals surface area contributed by atoms with Crippen LogP contribution in [0.5, 0.6) is 11.6 Å². The summed E-state index contributed by atoms with van der Waals surface area (Å²) in [7, 11) is 0. The smallest absolute Gasteiger partial charge is 0.487 e. The van der Waals surface area contributed by atoms with Crippen LogP contribution in [0.3, 0.4) is 0 Å². The molecule has 2 aromatic carbocycles. The van der Waals surface area contributed by atoms with Crippen LogP contribution in [-0.4, -0.2) is 65.0 Å². The number of benzene rings is 2. The molecule has 0 bridgehead atoms. The number of fused-ring (bicyclic) bond motifs is 2. The maximum atomic E-state index is 13.0. The van der Waals surface area contributed by atoms with E-state index in [-0.39, 0.29) is 24.6 Å². The normalized spacial score (nSPS) is 17.9. The predicted octanol–water partition coefficient (Wildman–Crippen LogP) is 5.37. The lowest BCUT2D eigenvalue weighted by Gasteiger charge is -2.39. The van der Waals surface area contributed by atoms with Gasteiger partial charge in [-0.15, -0.1) is 0 Å². The van der Waals surface area contributed by atoms with Gasteiger partial charge in [0.15, 0.2) is 0 Å². The van der Waals surface area contributed by atoms with E-state index in [0.717, 1.165) is 22.2 Å². The minimum atomic E-state index is -5.11. The van der Waals surface area contributed by atoms with Crippen molar-refractivity contribution in [2.75, 3.05) is 26.2 Å². The molecule has 1 spiro atoms. The number of carbonyl (C=O) groups excluding carboxylic acids is 1. The molecule has 0 aliphatic carbocycles. The van der Waals surface area contributed by atoms with E-state index in [9.17, 15) is 18.0 Å². The molecular weight excluding hydrogens is 579 g/mol. The monoisotopic (exact) mass is 599 g/mol. The number of carbonyl (C=O) groups is 1. The summed E-state index contributed by atoms with van der Waals surface area (Å²) >= 11 is 9.49. The first kappa shape index (κ1) is 26.0. The Hall–Kier alpha value is -2.63. The SMILES string of the molecule is O=C(OC(COc1ncnc2ccc(Br)cc12)CN1CCC2(CC1)Cc1cc(Cl)ccc1O2)C(F)(F)F. The number of halogens is 5. The number of alkyl halides is 3. The van der Waals surface area contributed by atoms with Gasteiger partial charge in [-0.2, -0.15) is 13.2 Å². The third-order valence-electron chi connectivity index (χ3n) is 6.56. The molecule has 196 valence electrons. The van der Waals surface area contributed by atoms with Crippen molar-refractivity contribution < 1.29 is 32.2 Å². The maximum absolute atomic E-state index is 13.0. The first-order valence-electron chi connectivity index (χ1n) is 11.6. The summed E-state index contributed by atoms with van der Waals surface area (Å²) in [6.07, 6.45) is -2.90. The minimum Gasteiger partial charge on any atom is -0.487 e. The Balaban J connectivity index is 1.25. The summed E-state index contributed by atoms with van der Waals surface area (Å²) in [5, 5.41) is 1.23. The van der Waals surface area contributed by atoms with E-state index in [1.54, 1.807) is 24.3 Å². The van der Waals surface area contributed by atoms with Crippen molar-refractivity contribution in [3.63, 3.8) is 0 Å². The summed E-state index contributed by atoms with van der Waals surface area (Å²) in [6.45, 7) is 0.891. The molecule has 3 heterocycles. The number of ether oxygens (including phenoxy) is 3. The molecule has 0 saturated carbocycles. The van der Waals surface area contributed by atoms with Gasteiger partial charge >= 0.3 is 12.1 Å². The zero-order valence-electron chi connectivity index (χ0n) is 19.4. The molecule has 12 heteroatoms. The third kappa shape index (κ3) is 5.94. The molecule has 2 aliphatic heterocycles. The Morgan fingerprint density at radius 3 is 2.73 bits per heavy atom. The number of piperidine rings is 1. The van der Waals surface area contributed by atoms with Gasteiger partial charge in [-0.1, -0.05) is 27.5 Å². The van der Waals surface area contributed by atoms with E-state index in [1.165, 1.54) is 6.33 Å². The Bertz CT molecular complexity index is 1320. The molecule has 1 saturated heterocycles. The number of hydrogen-bond donors (Lipinski definition) is 0. The van der Waals surface area contributed by atoms with E-state index in [0.29, 0.717) is 41.9 Å². The largest absolute Gasteiger partial charge is 0.490 e. The highest BCUT2D eigenvalue weighted by Crippen LogP contribution is 2.42. The van der Waals surface area contributed by atoms with Crippen LogP contribution in [-0.2, 0) is 16.0 Å². The van der Waals surface area contributed by atoms with E-state index >= 15 is 0 Å². The minimum absolute atomic E-state index is 0.0728. The Morgan fingerprint density at radius 2 is 1.97 bits per heavy atom. The Labute approximate surface area is 224 Å². The molecular formula is C25H22BrClF3N3O4. The van der Waals surface area contributed by atoms with Crippen molar-refractivity contribution in [2.45, 2.75) is 37.1 Å². The van der Waals surface area contributed by atoms with Crippen LogP contribution in [0.25, 0.3) is 10.9 Å². The summed E-state index contributed by atoms with van der Waals surface area (Å²) < 4.78 is 56.5. The average Bonchev–Trinajstić information content (AvgIpc) is 3.20. The van der Waals surface area contributed by atoms with Crippen LogP contribution in [0.4, 0.5) is 13.2 Å². The highest BCUT2D eigenvalue weighted by atomic mass is 79.9. The van der Waals surface area contributed by atoms with Crippen LogP contribution >= 0.6 is 27.5 Å². The van der Waals surface area contributed by atoms with E-state index in [1.807, 2.05) is 17.0 Å². The lowest BCUT2D eigenvalue weighted by atomic mass is 9.87. The van der Waals surface area contributed by atoms with Crippen molar-refractivity contribution in [3.8, 4) is 11.6 Å². The second-order valence-electron chi connectivity index (χ2n) is 9.19. The van der Waals surface area contributed by atoms with Crippen LogP contribution in [0, 0.1) is 0 Å². The second kappa shape index (κ2) is 10.3. The van der Waals surface area contributed by atoms with Gasteiger partial charge in [-0.3, -0.25) is 4.90 Å². The topological polar surface area (TPSA) is 73.8 Å². The summed E-state index contributed by atoms with van der Waals surface area (Å²) in [5.41, 5.74) is 1.29. The number of rotatable bonds is 6.